The lowest BCUT2D eigenvalue weighted by atomic mass is 10.1. The summed E-state index contributed by atoms with van der Waals surface area (Å²) in [7, 11) is -4.19. The molecule has 0 aliphatic heterocycles. The second-order valence-corrected chi connectivity index (χ2v) is 10.9. The first kappa shape index (κ1) is 28.9. The van der Waals surface area contributed by atoms with Gasteiger partial charge in [0.25, 0.3) is 0 Å². The van der Waals surface area contributed by atoms with Crippen molar-refractivity contribution in [1.82, 2.24) is 10.2 Å². The molecule has 0 aliphatic carbocycles. The van der Waals surface area contributed by atoms with Crippen LogP contribution < -0.4 is 9.62 Å². The van der Waals surface area contributed by atoms with Gasteiger partial charge in [0.1, 0.15) is 12.6 Å². The molecule has 2 aromatic carbocycles. The van der Waals surface area contributed by atoms with Crippen molar-refractivity contribution in [3.8, 4) is 0 Å². The summed E-state index contributed by atoms with van der Waals surface area (Å²) in [6.07, 6.45) is -4.06. The number of carbonyl (C=O) groups is 2. The Morgan fingerprint density at radius 1 is 1.14 bits per heavy atom. The van der Waals surface area contributed by atoms with E-state index in [1.165, 1.54) is 11.8 Å². The second-order valence-electron chi connectivity index (χ2n) is 7.65. The molecule has 2 amide bonds. The largest absolute Gasteiger partial charge is 0.417 e. The zero-order valence-corrected chi connectivity index (χ0v) is 22.2. The lowest BCUT2D eigenvalue weighted by Gasteiger charge is -2.31. The lowest BCUT2D eigenvalue weighted by molar-refractivity contribution is -0.139. The fraction of sp³-hybridized carbons (Fsp3) is 0.364. The lowest BCUT2D eigenvalue weighted by Crippen LogP contribution is -2.51. The zero-order chi connectivity index (χ0) is 26.6. The van der Waals surface area contributed by atoms with Gasteiger partial charge in [0, 0.05) is 17.6 Å². The third kappa shape index (κ3) is 7.84. The number of likely N-dealkylation sites (N-methyl/N-ethyl adjacent to an activating group) is 1. The van der Waals surface area contributed by atoms with Gasteiger partial charge < -0.3 is 10.2 Å². The van der Waals surface area contributed by atoms with E-state index in [2.05, 4.69) is 21.2 Å². The van der Waals surface area contributed by atoms with E-state index in [1.54, 1.807) is 31.2 Å². The SMILES string of the molecule is CCNC(=O)C(C)N(Cc1ccc(Br)cc1)C(=O)CN(c1ccc(Cl)c(C(F)(F)F)c1)S(C)(=O)=O. The number of hydrogen-bond donors (Lipinski definition) is 1. The number of alkyl halides is 3. The highest BCUT2D eigenvalue weighted by Gasteiger charge is 2.35. The van der Waals surface area contributed by atoms with Crippen LogP contribution in [0.5, 0.6) is 0 Å². The highest BCUT2D eigenvalue weighted by molar-refractivity contribution is 9.10. The molecule has 0 aromatic heterocycles. The number of rotatable bonds is 9. The standard InChI is InChI=1S/C22H24BrClF3N3O4S/c1-4-28-21(32)14(2)29(12-15-5-7-16(23)8-6-15)20(31)13-30(35(3,33)34)17-9-10-19(24)18(11-17)22(25,26)27/h5-11,14H,4,12-13H2,1-3H3,(H,28,32). The first-order valence-electron chi connectivity index (χ1n) is 10.3. The Kier molecular flexibility index (Phi) is 9.60. The molecule has 1 atom stereocenters. The summed E-state index contributed by atoms with van der Waals surface area (Å²) < 4.78 is 66.4. The number of halogens is 5. The van der Waals surface area contributed by atoms with Gasteiger partial charge in [-0.15, -0.1) is 0 Å². The number of nitrogens with one attached hydrogen (secondary N) is 1. The van der Waals surface area contributed by atoms with Crippen molar-refractivity contribution in [3.05, 3.63) is 63.1 Å². The minimum Gasteiger partial charge on any atom is -0.355 e. The van der Waals surface area contributed by atoms with E-state index in [9.17, 15) is 31.2 Å². The number of hydrogen-bond acceptors (Lipinski definition) is 4. The predicted molar refractivity (Wildman–Crippen MR) is 131 cm³/mol. The van der Waals surface area contributed by atoms with E-state index < -0.39 is 51.2 Å². The molecule has 0 saturated carbocycles. The van der Waals surface area contributed by atoms with Crippen LogP contribution in [0.25, 0.3) is 0 Å². The molecule has 0 radical (unpaired) electrons. The summed E-state index contributed by atoms with van der Waals surface area (Å²) in [5.41, 5.74) is -0.957. The number of sulfonamides is 1. The van der Waals surface area contributed by atoms with E-state index in [1.807, 2.05) is 0 Å². The van der Waals surface area contributed by atoms with Gasteiger partial charge in [-0.3, -0.25) is 13.9 Å². The van der Waals surface area contributed by atoms with Gasteiger partial charge in [0.05, 0.1) is 22.5 Å². The average molecular weight is 599 g/mol. The molecular formula is C22H24BrClF3N3O4S. The number of carbonyl (C=O) groups excluding carboxylic acids is 2. The first-order chi connectivity index (χ1) is 16.1. The summed E-state index contributed by atoms with van der Waals surface area (Å²) in [6, 6.07) is 8.51. The van der Waals surface area contributed by atoms with Gasteiger partial charge in [-0.2, -0.15) is 13.2 Å². The monoisotopic (exact) mass is 597 g/mol. The quantitative estimate of drug-likeness (QED) is 0.463. The van der Waals surface area contributed by atoms with Crippen molar-refractivity contribution in [3.63, 3.8) is 0 Å². The van der Waals surface area contributed by atoms with Crippen LogP contribution in [0, 0.1) is 0 Å². The first-order valence-corrected chi connectivity index (χ1v) is 13.3. The van der Waals surface area contributed by atoms with Gasteiger partial charge in [-0.25, -0.2) is 8.42 Å². The summed E-state index contributed by atoms with van der Waals surface area (Å²) >= 11 is 8.96. The summed E-state index contributed by atoms with van der Waals surface area (Å²) in [4.78, 5) is 27.0. The van der Waals surface area contributed by atoms with E-state index in [0.717, 1.165) is 22.9 Å². The molecule has 7 nitrogen and oxygen atoms in total. The molecule has 2 rings (SSSR count). The maximum Gasteiger partial charge on any atom is 0.417 e. The maximum atomic E-state index is 13.3. The van der Waals surface area contributed by atoms with E-state index >= 15 is 0 Å². The molecule has 0 heterocycles. The van der Waals surface area contributed by atoms with Gasteiger partial charge in [0.15, 0.2) is 0 Å². The van der Waals surface area contributed by atoms with Crippen LogP contribution in [0.1, 0.15) is 25.0 Å². The maximum absolute atomic E-state index is 13.3. The Bertz CT molecular complexity index is 1180. The minimum absolute atomic E-state index is 0.0313. The highest BCUT2D eigenvalue weighted by atomic mass is 79.9. The molecule has 35 heavy (non-hydrogen) atoms. The molecule has 1 unspecified atom stereocenters. The van der Waals surface area contributed by atoms with Crippen LogP contribution in [0.2, 0.25) is 5.02 Å². The summed E-state index contributed by atoms with van der Waals surface area (Å²) in [6.45, 7) is 2.64. The van der Waals surface area contributed by atoms with Crippen molar-refractivity contribution in [1.29, 1.82) is 0 Å². The third-order valence-corrected chi connectivity index (χ3v) is 7.01. The topological polar surface area (TPSA) is 86.8 Å². The Hall–Kier alpha value is -2.31. The molecule has 192 valence electrons. The number of benzene rings is 2. The molecule has 0 aliphatic rings. The Morgan fingerprint density at radius 3 is 2.26 bits per heavy atom. The van der Waals surface area contributed by atoms with Crippen LogP contribution in [0.3, 0.4) is 0 Å². The van der Waals surface area contributed by atoms with Crippen molar-refractivity contribution in [2.24, 2.45) is 0 Å². The number of amides is 2. The van der Waals surface area contributed by atoms with Crippen molar-refractivity contribution < 1.29 is 31.2 Å². The Labute approximate surface area is 215 Å². The van der Waals surface area contributed by atoms with Gasteiger partial charge >= 0.3 is 6.18 Å². The second kappa shape index (κ2) is 11.6. The predicted octanol–water partition coefficient (Wildman–Crippen LogP) is 4.44. The Balaban J connectivity index is 2.46. The Morgan fingerprint density at radius 2 is 1.74 bits per heavy atom. The average Bonchev–Trinajstić information content (AvgIpc) is 2.75. The van der Waals surface area contributed by atoms with Gasteiger partial charge in [0.2, 0.25) is 21.8 Å². The normalized spacial score (nSPS) is 12.7. The molecule has 0 spiro atoms. The van der Waals surface area contributed by atoms with Gasteiger partial charge in [-0.1, -0.05) is 39.7 Å². The van der Waals surface area contributed by atoms with Crippen LogP contribution in [-0.4, -0.2) is 50.5 Å². The molecule has 2 aromatic rings. The van der Waals surface area contributed by atoms with E-state index in [0.29, 0.717) is 22.5 Å². The fourth-order valence-corrected chi connectivity index (χ4v) is 4.52. The molecule has 13 heteroatoms. The van der Waals surface area contributed by atoms with E-state index in [-0.39, 0.29) is 12.2 Å². The summed E-state index contributed by atoms with van der Waals surface area (Å²) in [5.74, 6) is -1.24. The van der Waals surface area contributed by atoms with E-state index in [4.69, 9.17) is 11.6 Å². The summed E-state index contributed by atoms with van der Waals surface area (Å²) in [5, 5.41) is 2.00. The van der Waals surface area contributed by atoms with Crippen LogP contribution in [0.15, 0.2) is 46.9 Å². The zero-order valence-electron chi connectivity index (χ0n) is 19.1. The number of nitrogens with zero attached hydrogens (tertiary/aromatic N) is 2. The third-order valence-electron chi connectivity index (χ3n) is 5.01. The minimum atomic E-state index is -4.83. The van der Waals surface area contributed by atoms with Gasteiger partial charge in [-0.05, 0) is 49.7 Å². The molecule has 0 fully saturated rings. The molecule has 0 bridgehead atoms. The van der Waals surface area contributed by atoms with Crippen molar-refractivity contribution >= 4 is 55.1 Å². The van der Waals surface area contributed by atoms with Crippen LogP contribution in [-0.2, 0) is 32.3 Å². The fourth-order valence-electron chi connectivity index (χ4n) is 3.19. The molecular weight excluding hydrogens is 575 g/mol. The molecule has 0 saturated heterocycles. The number of anilines is 1. The van der Waals surface area contributed by atoms with Crippen LogP contribution >= 0.6 is 27.5 Å². The van der Waals surface area contributed by atoms with Crippen molar-refractivity contribution in [2.75, 3.05) is 23.7 Å². The smallest absolute Gasteiger partial charge is 0.355 e. The van der Waals surface area contributed by atoms with Crippen LogP contribution in [0.4, 0.5) is 18.9 Å². The van der Waals surface area contributed by atoms with Crippen molar-refractivity contribution in [2.45, 2.75) is 32.6 Å². The highest BCUT2D eigenvalue weighted by Crippen LogP contribution is 2.37. The molecule has 1 N–H and O–H groups in total.